The molecular formula is C22H19N3OS. The normalized spacial score (nSPS) is 12.0. The number of phenolic OH excluding ortho intramolecular Hbond substituents is 1. The minimum atomic E-state index is -0.225. The quantitative estimate of drug-likeness (QED) is 0.467. The predicted molar refractivity (Wildman–Crippen MR) is 111 cm³/mol. The minimum absolute atomic E-state index is 0.198. The molecule has 0 spiro atoms. The predicted octanol–water partition coefficient (Wildman–Crippen LogP) is 5.26. The third kappa shape index (κ3) is 3.59. The van der Waals surface area contributed by atoms with Gasteiger partial charge in [-0.1, -0.05) is 30.3 Å². The van der Waals surface area contributed by atoms with E-state index in [4.69, 9.17) is 0 Å². The first-order valence-corrected chi connectivity index (χ1v) is 9.86. The van der Waals surface area contributed by atoms with Crippen LogP contribution in [0.1, 0.15) is 17.2 Å². The smallest absolute Gasteiger partial charge is 0.147 e. The maximum Gasteiger partial charge on any atom is 0.147 e. The summed E-state index contributed by atoms with van der Waals surface area (Å²) >= 11 is 1.70. The zero-order chi connectivity index (χ0) is 18.6. The van der Waals surface area contributed by atoms with Gasteiger partial charge in [-0.25, -0.2) is 0 Å². The number of phenols is 1. The topological polar surface area (TPSA) is 58.0 Å². The molecule has 4 rings (SSSR count). The molecule has 0 bridgehead atoms. The van der Waals surface area contributed by atoms with Crippen molar-refractivity contribution >= 4 is 28.4 Å². The lowest BCUT2D eigenvalue weighted by molar-refractivity contribution is 0.472. The molecular weight excluding hydrogens is 354 g/mol. The summed E-state index contributed by atoms with van der Waals surface area (Å²) in [5, 5.41) is 15.3. The van der Waals surface area contributed by atoms with E-state index in [0.29, 0.717) is 5.52 Å². The number of anilines is 1. The first-order chi connectivity index (χ1) is 13.3. The lowest BCUT2D eigenvalue weighted by atomic mass is 9.96. The van der Waals surface area contributed by atoms with Crippen molar-refractivity contribution in [2.75, 3.05) is 11.6 Å². The molecule has 0 aliphatic heterocycles. The molecule has 0 saturated heterocycles. The summed E-state index contributed by atoms with van der Waals surface area (Å²) in [7, 11) is 0. The summed E-state index contributed by atoms with van der Waals surface area (Å²) in [6.45, 7) is 0. The van der Waals surface area contributed by atoms with Crippen molar-refractivity contribution < 1.29 is 5.11 Å². The van der Waals surface area contributed by atoms with Crippen molar-refractivity contribution in [1.82, 2.24) is 9.97 Å². The highest BCUT2D eigenvalue weighted by Gasteiger charge is 2.20. The van der Waals surface area contributed by atoms with E-state index < -0.39 is 0 Å². The number of aromatic nitrogens is 2. The van der Waals surface area contributed by atoms with Crippen LogP contribution in [0.3, 0.4) is 0 Å². The van der Waals surface area contributed by atoms with E-state index in [1.54, 1.807) is 30.4 Å². The van der Waals surface area contributed by atoms with Crippen LogP contribution in [0, 0.1) is 0 Å². The Morgan fingerprint density at radius 3 is 2.52 bits per heavy atom. The molecule has 0 unspecified atom stereocenters. The van der Waals surface area contributed by atoms with Gasteiger partial charge in [0.05, 0.1) is 11.7 Å². The Balaban J connectivity index is 1.83. The van der Waals surface area contributed by atoms with E-state index >= 15 is 0 Å². The van der Waals surface area contributed by atoms with E-state index in [-0.39, 0.29) is 11.8 Å². The molecule has 4 aromatic rings. The lowest BCUT2D eigenvalue weighted by Gasteiger charge is -2.22. The summed E-state index contributed by atoms with van der Waals surface area (Å²) in [6.07, 6.45) is 7.27. The number of pyridine rings is 2. The van der Waals surface area contributed by atoms with Crippen LogP contribution in [0.25, 0.3) is 10.9 Å². The second kappa shape index (κ2) is 7.68. The fourth-order valence-electron chi connectivity index (χ4n) is 3.13. The first-order valence-electron chi connectivity index (χ1n) is 8.63. The number of hydrogen-bond donors (Lipinski definition) is 2. The van der Waals surface area contributed by atoms with Crippen molar-refractivity contribution in [3.63, 3.8) is 0 Å². The average molecular weight is 373 g/mol. The Hall–Kier alpha value is -3.05. The highest BCUT2D eigenvalue weighted by molar-refractivity contribution is 7.98. The van der Waals surface area contributed by atoms with Gasteiger partial charge < -0.3 is 10.4 Å². The number of fused-ring (bicyclic) bond motifs is 1. The zero-order valence-corrected chi connectivity index (χ0v) is 15.6. The SMILES string of the molecule is CSc1ccc([C@@H](Nc2cccnc2)c2ccc3cccnc3c2O)cc1. The average Bonchev–Trinajstić information content (AvgIpc) is 2.74. The van der Waals surface area contributed by atoms with Crippen LogP contribution in [-0.4, -0.2) is 21.3 Å². The molecule has 0 aliphatic carbocycles. The van der Waals surface area contributed by atoms with Gasteiger partial charge in [0.1, 0.15) is 11.3 Å². The van der Waals surface area contributed by atoms with Gasteiger partial charge in [-0.15, -0.1) is 11.8 Å². The summed E-state index contributed by atoms with van der Waals surface area (Å²) in [5.74, 6) is 0.198. The van der Waals surface area contributed by atoms with Gasteiger partial charge in [-0.05, 0) is 42.2 Å². The zero-order valence-electron chi connectivity index (χ0n) is 14.8. The summed E-state index contributed by atoms with van der Waals surface area (Å²) in [6, 6.07) is 19.7. The Kier molecular flexibility index (Phi) is 4.94. The van der Waals surface area contributed by atoms with Crippen LogP contribution < -0.4 is 5.32 Å². The number of nitrogens with zero attached hydrogens (tertiary/aromatic N) is 2. The Morgan fingerprint density at radius 1 is 0.963 bits per heavy atom. The van der Waals surface area contributed by atoms with Crippen molar-refractivity contribution in [1.29, 1.82) is 0 Å². The Morgan fingerprint density at radius 2 is 1.78 bits per heavy atom. The monoisotopic (exact) mass is 373 g/mol. The van der Waals surface area contributed by atoms with Gasteiger partial charge in [0.15, 0.2) is 0 Å². The van der Waals surface area contributed by atoms with E-state index in [1.165, 1.54) is 4.90 Å². The van der Waals surface area contributed by atoms with Crippen LogP contribution in [0.2, 0.25) is 0 Å². The van der Waals surface area contributed by atoms with E-state index in [1.807, 2.05) is 36.4 Å². The van der Waals surface area contributed by atoms with Crippen LogP contribution in [-0.2, 0) is 0 Å². The number of rotatable bonds is 5. The van der Waals surface area contributed by atoms with Gasteiger partial charge in [-0.3, -0.25) is 9.97 Å². The molecule has 0 radical (unpaired) electrons. The third-order valence-electron chi connectivity index (χ3n) is 4.51. The molecule has 0 amide bonds. The first kappa shape index (κ1) is 17.4. The van der Waals surface area contributed by atoms with E-state index in [2.05, 4.69) is 45.8 Å². The summed E-state index contributed by atoms with van der Waals surface area (Å²) in [5.41, 5.74) is 3.33. The Labute approximate surface area is 162 Å². The number of nitrogens with one attached hydrogen (secondary N) is 1. The largest absolute Gasteiger partial charge is 0.505 e. The fourth-order valence-corrected chi connectivity index (χ4v) is 3.54. The molecule has 2 N–H and O–H groups in total. The van der Waals surface area contributed by atoms with Crippen molar-refractivity contribution in [3.8, 4) is 5.75 Å². The molecule has 134 valence electrons. The number of aromatic hydroxyl groups is 1. The highest BCUT2D eigenvalue weighted by Crippen LogP contribution is 2.36. The molecule has 0 aliphatic rings. The number of thioether (sulfide) groups is 1. The Bertz CT molecular complexity index is 1050. The molecule has 2 aromatic carbocycles. The van der Waals surface area contributed by atoms with Gasteiger partial charge in [0.25, 0.3) is 0 Å². The van der Waals surface area contributed by atoms with Crippen LogP contribution in [0.4, 0.5) is 5.69 Å². The van der Waals surface area contributed by atoms with Gasteiger partial charge in [0.2, 0.25) is 0 Å². The molecule has 4 nitrogen and oxygen atoms in total. The second-order valence-electron chi connectivity index (χ2n) is 6.17. The van der Waals surface area contributed by atoms with Crippen LogP contribution >= 0.6 is 11.8 Å². The summed E-state index contributed by atoms with van der Waals surface area (Å²) in [4.78, 5) is 9.74. The number of hydrogen-bond acceptors (Lipinski definition) is 5. The van der Waals surface area contributed by atoms with Crippen LogP contribution in [0.15, 0.2) is 84.1 Å². The molecule has 2 aromatic heterocycles. The van der Waals surface area contributed by atoms with Gasteiger partial charge >= 0.3 is 0 Å². The van der Waals surface area contributed by atoms with Crippen molar-refractivity contribution in [2.24, 2.45) is 0 Å². The fraction of sp³-hybridized carbons (Fsp3) is 0.0909. The van der Waals surface area contributed by atoms with Gasteiger partial charge in [-0.2, -0.15) is 0 Å². The van der Waals surface area contributed by atoms with Crippen molar-refractivity contribution in [2.45, 2.75) is 10.9 Å². The maximum atomic E-state index is 10.9. The second-order valence-corrected chi connectivity index (χ2v) is 7.05. The van der Waals surface area contributed by atoms with Crippen LogP contribution in [0.5, 0.6) is 5.75 Å². The van der Waals surface area contributed by atoms with E-state index in [0.717, 1.165) is 22.2 Å². The summed E-state index contributed by atoms with van der Waals surface area (Å²) < 4.78 is 0. The molecule has 0 saturated carbocycles. The number of benzene rings is 2. The minimum Gasteiger partial charge on any atom is -0.505 e. The third-order valence-corrected chi connectivity index (χ3v) is 5.26. The maximum absolute atomic E-state index is 10.9. The van der Waals surface area contributed by atoms with Crippen molar-refractivity contribution in [3.05, 3.63) is 90.4 Å². The molecule has 1 atom stereocenters. The lowest BCUT2D eigenvalue weighted by Crippen LogP contribution is -2.13. The van der Waals surface area contributed by atoms with E-state index in [9.17, 15) is 5.11 Å². The highest BCUT2D eigenvalue weighted by atomic mass is 32.2. The van der Waals surface area contributed by atoms with Gasteiger partial charge in [0, 0.05) is 34.4 Å². The standard InChI is InChI=1S/C22H19N3OS/c1-27-18-9-6-16(7-10-18)20(25-17-5-3-12-23-14-17)19-11-8-15-4-2-13-24-21(15)22(19)26/h2-14,20,25-26H,1H3/t20-/m1/s1. The molecule has 27 heavy (non-hydrogen) atoms. The molecule has 2 heterocycles. The molecule has 5 heteroatoms. The molecule has 0 fully saturated rings.